The van der Waals surface area contributed by atoms with Crippen LogP contribution in [0, 0.1) is 5.82 Å². The topological polar surface area (TPSA) is 155 Å². The summed E-state index contributed by atoms with van der Waals surface area (Å²) in [6.45, 7) is 0.986. The quantitative estimate of drug-likeness (QED) is 0.302. The molecule has 0 radical (unpaired) electrons. The number of hydrogen-bond acceptors (Lipinski definition) is 10. The largest absolute Gasteiger partial charge is 0.506 e. The van der Waals surface area contributed by atoms with Crippen molar-refractivity contribution in [2.45, 2.75) is 64.9 Å². The number of fused-ring (bicyclic) bond motifs is 1. The second-order valence-electron chi connectivity index (χ2n) is 11.5. The van der Waals surface area contributed by atoms with Crippen molar-refractivity contribution >= 4 is 30.8 Å². The number of sulfonamides is 1. The Balaban J connectivity index is 0.992. The maximum Gasteiger partial charge on any atom is 0.248 e. The first-order valence-corrected chi connectivity index (χ1v) is 17.3. The summed E-state index contributed by atoms with van der Waals surface area (Å²) < 4.78 is 78.8. The number of aliphatic hydroxyl groups is 1. The minimum absolute atomic E-state index is 0.0193. The summed E-state index contributed by atoms with van der Waals surface area (Å²) in [5.74, 6) is -0.792. The standard InChI is InChI=1S/C29H34FN3O8S2/c30-25-6-2-5-24-27(25)32-16-26(28(24)35)43(38,39)33-11-9-29(10-12-33)14-19(17-41-29)31-15-20(34)18-40-21-3-1-4-23(13-21)42(36,37)22-7-8-22/h1-6,13,16,19-20,22,31,34H,7-12,14-15,17-18H2,(H,32,35). The van der Waals surface area contributed by atoms with Gasteiger partial charge in [-0.05, 0) is 62.4 Å². The van der Waals surface area contributed by atoms with Crippen LogP contribution in [-0.4, -0.2) is 92.2 Å². The van der Waals surface area contributed by atoms with Gasteiger partial charge in [-0.2, -0.15) is 4.31 Å². The lowest BCUT2D eigenvalue weighted by Gasteiger charge is -2.38. The summed E-state index contributed by atoms with van der Waals surface area (Å²) in [7, 11) is -7.40. The average Bonchev–Trinajstić information content (AvgIpc) is 3.79. The molecule has 0 bridgehead atoms. The Morgan fingerprint density at radius 3 is 2.63 bits per heavy atom. The van der Waals surface area contributed by atoms with E-state index in [1.807, 2.05) is 0 Å². The molecule has 2 unspecified atom stereocenters. The summed E-state index contributed by atoms with van der Waals surface area (Å²) in [5.41, 5.74) is -0.606. The van der Waals surface area contributed by atoms with Crippen molar-refractivity contribution in [2.75, 3.05) is 32.8 Å². The van der Waals surface area contributed by atoms with E-state index in [0.717, 1.165) is 6.20 Å². The number of rotatable bonds is 10. The van der Waals surface area contributed by atoms with E-state index in [9.17, 15) is 31.4 Å². The number of piperidine rings is 1. The van der Waals surface area contributed by atoms with Gasteiger partial charge in [0.2, 0.25) is 10.0 Å². The van der Waals surface area contributed by atoms with Crippen LogP contribution in [0.5, 0.6) is 11.5 Å². The monoisotopic (exact) mass is 635 g/mol. The third-order valence-corrected chi connectivity index (χ3v) is 12.6. The predicted octanol–water partition coefficient (Wildman–Crippen LogP) is 2.36. The van der Waals surface area contributed by atoms with Crippen LogP contribution in [-0.2, 0) is 24.6 Å². The summed E-state index contributed by atoms with van der Waals surface area (Å²) >= 11 is 0. The van der Waals surface area contributed by atoms with Crippen molar-refractivity contribution in [1.29, 1.82) is 0 Å². The first-order valence-electron chi connectivity index (χ1n) is 14.3. The second-order valence-corrected chi connectivity index (χ2v) is 15.6. The molecule has 3 N–H and O–H groups in total. The number of benzene rings is 2. The smallest absolute Gasteiger partial charge is 0.248 e. The Morgan fingerprint density at radius 1 is 1.14 bits per heavy atom. The third-order valence-electron chi connectivity index (χ3n) is 8.43. The molecule has 3 aromatic rings. The number of aromatic nitrogens is 1. The molecule has 3 aliphatic rings. The Labute approximate surface area is 249 Å². The van der Waals surface area contributed by atoms with Crippen molar-refractivity contribution in [3.05, 3.63) is 54.5 Å². The van der Waals surface area contributed by atoms with Crippen LogP contribution in [0.25, 0.3) is 10.9 Å². The van der Waals surface area contributed by atoms with Gasteiger partial charge in [-0.3, -0.25) is 4.98 Å². The first kappa shape index (κ1) is 30.2. The molecule has 0 amide bonds. The highest BCUT2D eigenvalue weighted by atomic mass is 32.2. The molecule has 1 aliphatic carbocycles. The fraction of sp³-hybridized carbons (Fsp3) is 0.483. The average molecular weight is 636 g/mol. The van der Waals surface area contributed by atoms with Crippen LogP contribution >= 0.6 is 0 Å². The zero-order chi connectivity index (χ0) is 30.4. The van der Waals surface area contributed by atoms with Gasteiger partial charge in [-0.1, -0.05) is 12.1 Å². The fourth-order valence-electron chi connectivity index (χ4n) is 5.81. The number of sulfone groups is 1. The third kappa shape index (κ3) is 6.08. The van der Waals surface area contributed by atoms with Crippen LogP contribution in [0.2, 0.25) is 0 Å². The van der Waals surface area contributed by atoms with Gasteiger partial charge in [-0.15, -0.1) is 0 Å². The number of aromatic hydroxyl groups is 1. The van der Waals surface area contributed by atoms with E-state index in [4.69, 9.17) is 9.47 Å². The molecule has 2 aliphatic heterocycles. The lowest BCUT2D eigenvalue weighted by molar-refractivity contribution is -0.0312. The van der Waals surface area contributed by atoms with Gasteiger partial charge in [0.25, 0.3) is 0 Å². The summed E-state index contributed by atoms with van der Waals surface area (Å²) in [6, 6.07) is 10.3. The van der Waals surface area contributed by atoms with Crippen LogP contribution in [0.1, 0.15) is 32.1 Å². The minimum Gasteiger partial charge on any atom is -0.506 e. The maximum atomic E-state index is 14.0. The molecule has 2 aromatic carbocycles. The number of hydrogen-bond donors (Lipinski definition) is 3. The van der Waals surface area contributed by atoms with Crippen LogP contribution in [0.4, 0.5) is 4.39 Å². The van der Waals surface area contributed by atoms with E-state index < -0.39 is 43.1 Å². The van der Waals surface area contributed by atoms with E-state index in [1.54, 1.807) is 18.2 Å². The summed E-state index contributed by atoms with van der Waals surface area (Å²) in [6.07, 6.45) is 3.05. The molecule has 3 fully saturated rings. The number of nitrogens with zero attached hydrogens (tertiary/aromatic N) is 2. The van der Waals surface area contributed by atoms with Crippen LogP contribution < -0.4 is 10.1 Å². The van der Waals surface area contributed by atoms with Gasteiger partial charge in [0.1, 0.15) is 40.4 Å². The Bertz CT molecular complexity index is 1720. The molecule has 3 heterocycles. The van der Waals surface area contributed by atoms with Gasteiger partial charge in [0, 0.05) is 31.1 Å². The molecule has 43 heavy (non-hydrogen) atoms. The van der Waals surface area contributed by atoms with Gasteiger partial charge in [0.05, 0.1) is 28.6 Å². The molecule has 232 valence electrons. The van der Waals surface area contributed by atoms with Crippen molar-refractivity contribution < 1.29 is 40.9 Å². The molecule has 2 atom stereocenters. The number of halogens is 1. The maximum absolute atomic E-state index is 14.0. The lowest BCUT2D eigenvalue weighted by Crippen LogP contribution is -2.47. The fourth-order valence-corrected chi connectivity index (χ4v) is 8.98. The van der Waals surface area contributed by atoms with Gasteiger partial charge in [-0.25, -0.2) is 21.2 Å². The number of nitrogens with one attached hydrogen (secondary N) is 1. The number of para-hydroxylation sites is 1. The van der Waals surface area contributed by atoms with Gasteiger partial charge >= 0.3 is 0 Å². The normalized spacial score (nSPS) is 21.8. The molecule has 1 saturated carbocycles. The van der Waals surface area contributed by atoms with E-state index in [0.29, 0.717) is 44.5 Å². The molecule has 1 spiro atoms. The lowest BCUT2D eigenvalue weighted by atomic mass is 9.88. The number of pyridine rings is 1. The highest BCUT2D eigenvalue weighted by Gasteiger charge is 2.45. The number of aliphatic hydroxyl groups excluding tert-OH is 1. The summed E-state index contributed by atoms with van der Waals surface area (Å²) in [5, 5.41) is 24.1. The first-order chi connectivity index (χ1) is 20.5. The van der Waals surface area contributed by atoms with Gasteiger partial charge < -0.3 is 25.0 Å². The highest BCUT2D eigenvalue weighted by molar-refractivity contribution is 7.92. The van der Waals surface area contributed by atoms with Crippen LogP contribution in [0.15, 0.2) is 58.5 Å². The van der Waals surface area contributed by atoms with Crippen molar-refractivity contribution in [3.63, 3.8) is 0 Å². The number of ether oxygens (including phenoxy) is 2. The minimum atomic E-state index is -4.07. The van der Waals surface area contributed by atoms with Crippen LogP contribution in [0.3, 0.4) is 0 Å². The zero-order valence-electron chi connectivity index (χ0n) is 23.4. The SMILES string of the molecule is O=S(=O)(c1cccc(OCC(O)CNC2COC3(CCN(S(=O)(=O)c4cnc5c(F)cccc5c4O)CC3)C2)c1)C1CC1. The molecule has 6 rings (SSSR count). The predicted molar refractivity (Wildman–Crippen MR) is 155 cm³/mol. The molecule has 2 saturated heterocycles. The van der Waals surface area contributed by atoms with E-state index in [-0.39, 0.29) is 58.2 Å². The summed E-state index contributed by atoms with van der Waals surface area (Å²) in [4.78, 5) is 3.81. The Kier molecular flexibility index (Phi) is 8.11. The van der Waals surface area contributed by atoms with Gasteiger partial charge in [0.15, 0.2) is 9.84 Å². The molecule has 11 nitrogen and oxygen atoms in total. The highest BCUT2D eigenvalue weighted by Crippen LogP contribution is 2.39. The zero-order valence-corrected chi connectivity index (χ0v) is 25.0. The van der Waals surface area contributed by atoms with Crippen molar-refractivity contribution in [2.24, 2.45) is 0 Å². The molecule has 14 heteroatoms. The van der Waals surface area contributed by atoms with Crippen molar-refractivity contribution in [1.82, 2.24) is 14.6 Å². The molecular formula is C29H34FN3O8S2. The van der Waals surface area contributed by atoms with E-state index >= 15 is 0 Å². The molecular weight excluding hydrogens is 601 g/mol. The van der Waals surface area contributed by atoms with E-state index in [1.165, 1.54) is 28.6 Å². The molecule has 1 aromatic heterocycles. The second kappa shape index (κ2) is 11.6. The Hall–Kier alpha value is -2.88. The Morgan fingerprint density at radius 2 is 1.88 bits per heavy atom. The van der Waals surface area contributed by atoms with Crippen molar-refractivity contribution in [3.8, 4) is 11.5 Å². The van der Waals surface area contributed by atoms with E-state index in [2.05, 4.69) is 10.3 Å².